The van der Waals surface area contributed by atoms with Gasteiger partial charge in [-0.25, -0.2) is 4.98 Å². The molecule has 1 heterocycles. The van der Waals surface area contributed by atoms with Crippen molar-refractivity contribution in [2.24, 2.45) is 16.7 Å². The summed E-state index contributed by atoms with van der Waals surface area (Å²) in [5, 5.41) is 3.49. The van der Waals surface area contributed by atoms with Crippen LogP contribution in [0.5, 0.6) is 0 Å². The highest BCUT2D eigenvalue weighted by atomic mass is 35.5. The minimum Gasteiger partial charge on any atom is -0.310 e. The number of nitrogens with zero attached hydrogens (tertiary/aromatic N) is 1. The molecular formula is C16H19ClN2O. The van der Waals surface area contributed by atoms with Crippen LogP contribution in [0.25, 0.3) is 0 Å². The maximum absolute atomic E-state index is 12.7. The van der Waals surface area contributed by atoms with Crippen LogP contribution in [0, 0.1) is 16.7 Å². The lowest BCUT2D eigenvalue weighted by atomic mass is 9.68. The molecule has 2 bridgehead atoms. The van der Waals surface area contributed by atoms with Crippen LogP contribution in [-0.4, -0.2) is 10.9 Å². The lowest BCUT2D eigenvalue weighted by Crippen LogP contribution is -2.37. The van der Waals surface area contributed by atoms with Gasteiger partial charge in [-0.15, -0.1) is 0 Å². The van der Waals surface area contributed by atoms with Gasteiger partial charge in [0, 0.05) is 6.20 Å². The monoisotopic (exact) mass is 290 g/mol. The van der Waals surface area contributed by atoms with Gasteiger partial charge in [0.15, 0.2) is 0 Å². The summed E-state index contributed by atoms with van der Waals surface area (Å²) in [6.45, 7) is 8.64. The Hall–Kier alpha value is -1.35. The maximum atomic E-state index is 12.7. The van der Waals surface area contributed by atoms with Crippen molar-refractivity contribution in [2.75, 3.05) is 5.32 Å². The Morgan fingerprint density at radius 3 is 2.80 bits per heavy atom. The van der Waals surface area contributed by atoms with E-state index in [1.165, 1.54) is 0 Å². The average molecular weight is 291 g/mol. The largest absolute Gasteiger partial charge is 0.310 e. The number of fused-ring (bicyclic) bond motifs is 2. The van der Waals surface area contributed by atoms with E-state index in [1.807, 2.05) is 0 Å². The number of pyridine rings is 1. The number of carbonyl (C=O) groups excluding carboxylic acids is 1. The lowest BCUT2D eigenvalue weighted by Gasteiger charge is -2.37. The predicted molar refractivity (Wildman–Crippen MR) is 80.6 cm³/mol. The van der Waals surface area contributed by atoms with Crippen molar-refractivity contribution >= 4 is 23.3 Å². The SMILES string of the molecule is C=C1C(C)(C)[C@@H]2CC[C@]1(C(=O)Nc1ccc(Cl)cn1)C2. The first-order chi connectivity index (χ1) is 9.36. The van der Waals surface area contributed by atoms with E-state index < -0.39 is 5.41 Å². The van der Waals surface area contributed by atoms with E-state index >= 15 is 0 Å². The summed E-state index contributed by atoms with van der Waals surface area (Å²) in [5.74, 6) is 1.15. The summed E-state index contributed by atoms with van der Waals surface area (Å²) in [4.78, 5) is 16.9. The topological polar surface area (TPSA) is 42.0 Å². The van der Waals surface area contributed by atoms with Crippen molar-refractivity contribution in [3.05, 3.63) is 35.5 Å². The number of nitrogens with one attached hydrogen (secondary N) is 1. The van der Waals surface area contributed by atoms with Crippen molar-refractivity contribution in [3.8, 4) is 0 Å². The van der Waals surface area contributed by atoms with Gasteiger partial charge in [0.2, 0.25) is 5.91 Å². The fourth-order valence-electron chi connectivity index (χ4n) is 3.83. The molecule has 1 aromatic rings. The summed E-state index contributed by atoms with van der Waals surface area (Å²) < 4.78 is 0. The van der Waals surface area contributed by atoms with Crippen LogP contribution in [0.1, 0.15) is 33.1 Å². The number of aromatic nitrogens is 1. The number of carbonyl (C=O) groups is 1. The second kappa shape index (κ2) is 4.32. The molecule has 3 nitrogen and oxygen atoms in total. The third kappa shape index (κ3) is 1.80. The van der Waals surface area contributed by atoms with Crippen molar-refractivity contribution in [1.82, 2.24) is 4.98 Å². The molecule has 2 aliphatic rings. The predicted octanol–water partition coefficient (Wildman–Crippen LogP) is 4.06. The van der Waals surface area contributed by atoms with Crippen LogP contribution < -0.4 is 5.32 Å². The average Bonchev–Trinajstić information content (AvgIpc) is 2.93. The van der Waals surface area contributed by atoms with Gasteiger partial charge >= 0.3 is 0 Å². The molecule has 0 unspecified atom stereocenters. The first-order valence-electron chi connectivity index (χ1n) is 6.99. The van der Waals surface area contributed by atoms with Gasteiger partial charge in [-0.05, 0) is 42.7 Å². The Bertz CT molecular complexity index is 579. The Balaban J connectivity index is 1.84. The van der Waals surface area contributed by atoms with Gasteiger partial charge in [-0.2, -0.15) is 0 Å². The van der Waals surface area contributed by atoms with Crippen molar-refractivity contribution < 1.29 is 4.79 Å². The molecule has 2 aliphatic carbocycles. The Morgan fingerprint density at radius 1 is 1.50 bits per heavy atom. The zero-order chi connectivity index (χ0) is 14.5. The first kappa shape index (κ1) is 13.6. The highest BCUT2D eigenvalue weighted by Gasteiger charge is 2.60. The third-order valence-corrected chi connectivity index (χ3v) is 5.52. The van der Waals surface area contributed by atoms with E-state index in [0.29, 0.717) is 16.8 Å². The van der Waals surface area contributed by atoms with E-state index in [9.17, 15) is 4.79 Å². The third-order valence-electron chi connectivity index (χ3n) is 5.29. The summed E-state index contributed by atoms with van der Waals surface area (Å²) in [6.07, 6.45) is 4.46. The van der Waals surface area contributed by atoms with Crippen molar-refractivity contribution in [1.29, 1.82) is 0 Å². The molecule has 0 aromatic carbocycles. The van der Waals surface area contributed by atoms with Crippen molar-refractivity contribution in [2.45, 2.75) is 33.1 Å². The number of hydrogen-bond donors (Lipinski definition) is 1. The lowest BCUT2D eigenvalue weighted by molar-refractivity contribution is -0.123. The van der Waals surface area contributed by atoms with E-state index in [2.05, 4.69) is 30.7 Å². The zero-order valence-electron chi connectivity index (χ0n) is 11.9. The normalized spacial score (nSPS) is 30.6. The summed E-state index contributed by atoms with van der Waals surface area (Å²) in [7, 11) is 0. The summed E-state index contributed by atoms with van der Waals surface area (Å²) in [5.41, 5.74) is 0.728. The number of halogens is 1. The Labute approximate surface area is 124 Å². The molecule has 3 rings (SSSR count). The van der Waals surface area contributed by atoms with Gasteiger partial charge in [0.25, 0.3) is 0 Å². The second-order valence-electron chi connectivity index (χ2n) is 6.54. The molecule has 106 valence electrons. The number of anilines is 1. The Kier molecular flexibility index (Phi) is 2.94. The van der Waals surface area contributed by atoms with Gasteiger partial charge in [-0.1, -0.05) is 37.6 Å². The zero-order valence-corrected chi connectivity index (χ0v) is 12.6. The minimum atomic E-state index is -0.407. The highest BCUT2D eigenvalue weighted by molar-refractivity contribution is 6.30. The molecule has 0 aliphatic heterocycles. The molecule has 0 radical (unpaired) electrons. The quantitative estimate of drug-likeness (QED) is 0.835. The van der Waals surface area contributed by atoms with E-state index in [1.54, 1.807) is 18.3 Å². The van der Waals surface area contributed by atoms with E-state index in [0.717, 1.165) is 24.8 Å². The molecule has 0 saturated heterocycles. The molecule has 2 atom stereocenters. The molecular weight excluding hydrogens is 272 g/mol. The standard InChI is InChI=1S/C16H19ClN2O/c1-10-15(2,3)11-6-7-16(10,8-11)14(20)19-13-5-4-12(17)9-18-13/h4-5,9,11H,1,6-8H2,2-3H3,(H,18,19,20)/t11-,16+/m1/s1. The smallest absolute Gasteiger partial charge is 0.235 e. The molecule has 1 N–H and O–H groups in total. The molecule has 1 amide bonds. The van der Waals surface area contributed by atoms with Crippen molar-refractivity contribution in [3.63, 3.8) is 0 Å². The molecule has 0 spiro atoms. The van der Waals surface area contributed by atoms with Crippen LogP contribution in [0.15, 0.2) is 30.5 Å². The molecule has 1 aromatic heterocycles. The van der Waals surface area contributed by atoms with Gasteiger partial charge in [-0.3, -0.25) is 4.79 Å². The van der Waals surface area contributed by atoms with Crippen LogP contribution in [0.2, 0.25) is 5.02 Å². The molecule has 2 saturated carbocycles. The van der Waals surface area contributed by atoms with Gasteiger partial charge in [0.05, 0.1) is 10.4 Å². The van der Waals surface area contributed by atoms with Crippen LogP contribution >= 0.6 is 11.6 Å². The molecule has 2 fully saturated rings. The van der Waals surface area contributed by atoms with Gasteiger partial charge < -0.3 is 5.32 Å². The van der Waals surface area contributed by atoms with Crippen LogP contribution in [0.3, 0.4) is 0 Å². The summed E-state index contributed by atoms with van der Waals surface area (Å²) >= 11 is 5.81. The van der Waals surface area contributed by atoms with E-state index in [4.69, 9.17) is 11.6 Å². The Morgan fingerprint density at radius 2 is 2.25 bits per heavy atom. The summed E-state index contributed by atoms with van der Waals surface area (Å²) in [6, 6.07) is 3.46. The fraction of sp³-hybridized carbons (Fsp3) is 0.500. The van der Waals surface area contributed by atoms with E-state index in [-0.39, 0.29) is 11.3 Å². The number of rotatable bonds is 2. The molecule has 4 heteroatoms. The first-order valence-corrected chi connectivity index (χ1v) is 7.37. The number of hydrogen-bond acceptors (Lipinski definition) is 2. The maximum Gasteiger partial charge on any atom is 0.235 e. The van der Waals surface area contributed by atoms with Crippen LogP contribution in [-0.2, 0) is 4.79 Å². The highest BCUT2D eigenvalue weighted by Crippen LogP contribution is 2.65. The van der Waals surface area contributed by atoms with Gasteiger partial charge in [0.1, 0.15) is 5.82 Å². The molecule has 20 heavy (non-hydrogen) atoms. The number of amides is 1. The fourth-order valence-corrected chi connectivity index (χ4v) is 3.94. The minimum absolute atomic E-state index is 0.0328. The van der Waals surface area contributed by atoms with Crippen LogP contribution in [0.4, 0.5) is 5.82 Å². The second-order valence-corrected chi connectivity index (χ2v) is 6.97.